The zero-order valence-electron chi connectivity index (χ0n) is 9.68. The third kappa shape index (κ3) is 3.56. The van der Waals surface area contributed by atoms with Gasteiger partial charge in [-0.05, 0) is 42.5 Å². The first-order valence-corrected chi connectivity index (χ1v) is 6.88. The van der Waals surface area contributed by atoms with E-state index in [0.29, 0.717) is 15.6 Å². The maximum Gasteiger partial charge on any atom is 0.171 e. The molecule has 0 aliphatic carbocycles. The van der Waals surface area contributed by atoms with Gasteiger partial charge in [-0.2, -0.15) is 0 Å². The summed E-state index contributed by atoms with van der Waals surface area (Å²) in [6.07, 6.45) is 0. The maximum absolute atomic E-state index is 8.79. The molecule has 0 aliphatic rings. The van der Waals surface area contributed by atoms with Crippen LogP contribution < -0.4 is 5.73 Å². The highest BCUT2D eigenvalue weighted by Crippen LogP contribution is 2.33. The van der Waals surface area contributed by atoms with Crippen molar-refractivity contribution in [3.8, 4) is 0 Å². The molecule has 0 aromatic heterocycles. The summed E-state index contributed by atoms with van der Waals surface area (Å²) in [5.41, 5.74) is 6.28. The molecule has 0 aliphatic heterocycles. The van der Waals surface area contributed by atoms with Gasteiger partial charge in [-0.1, -0.05) is 40.1 Å². The molecule has 0 unspecified atom stereocenters. The third-order valence-electron chi connectivity index (χ3n) is 2.37. The van der Waals surface area contributed by atoms with E-state index in [1.165, 1.54) is 11.8 Å². The Labute approximate surface area is 125 Å². The molecule has 19 heavy (non-hydrogen) atoms. The van der Waals surface area contributed by atoms with E-state index in [9.17, 15) is 0 Å². The molecular weight excluding hydrogens is 303 g/mol. The summed E-state index contributed by atoms with van der Waals surface area (Å²) < 4.78 is 0. The molecule has 0 saturated carbocycles. The lowest BCUT2D eigenvalue weighted by Crippen LogP contribution is -2.14. The van der Waals surface area contributed by atoms with Crippen molar-refractivity contribution < 1.29 is 5.21 Å². The van der Waals surface area contributed by atoms with Crippen molar-refractivity contribution in [3.05, 3.63) is 58.1 Å². The van der Waals surface area contributed by atoms with Crippen LogP contribution >= 0.6 is 35.0 Å². The monoisotopic (exact) mass is 312 g/mol. The Hall–Kier alpha value is -1.36. The van der Waals surface area contributed by atoms with E-state index in [2.05, 4.69) is 5.16 Å². The molecule has 2 rings (SSSR count). The molecule has 0 spiro atoms. The van der Waals surface area contributed by atoms with Crippen LogP contribution in [0.5, 0.6) is 0 Å². The standard InChI is InChI=1S/C13H10Cl2N2OS/c14-8-1-4-10(5-2-8)19-12-7-9(15)3-6-11(12)13(16)17-18/h1-7,18H,(H2,16,17). The van der Waals surface area contributed by atoms with Gasteiger partial charge in [0.1, 0.15) is 0 Å². The summed E-state index contributed by atoms with van der Waals surface area (Å²) in [7, 11) is 0. The fourth-order valence-electron chi connectivity index (χ4n) is 1.48. The Bertz CT molecular complexity index is 615. The van der Waals surface area contributed by atoms with Gasteiger partial charge in [0, 0.05) is 25.4 Å². The predicted molar refractivity (Wildman–Crippen MR) is 79.5 cm³/mol. The van der Waals surface area contributed by atoms with Crippen molar-refractivity contribution >= 4 is 40.8 Å². The fourth-order valence-corrected chi connectivity index (χ4v) is 2.83. The number of rotatable bonds is 3. The van der Waals surface area contributed by atoms with Gasteiger partial charge < -0.3 is 10.9 Å². The summed E-state index contributed by atoms with van der Waals surface area (Å²) in [6, 6.07) is 12.6. The summed E-state index contributed by atoms with van der Waals surface area (Å²) in [4.78, 5) is 1.80. The Morgan fingerprint density at radius 1 is 1.05 bits per heavy atom. The molecule has 0 bridgehead atoms. The predicted octanol–water partition coefficient (Wildman–Crippen LogP) is 4.24. The molecule has 3 nitrogen and oxygen atoms in total. The average Bonchev–Trinajstić information content (AvgIpc) is 2.41. The summed E-state index contributed by atoms with van der Waals surface area (Å²) >= 11 is 13.3. The number of hydrogen-bond donors (Lipinski definition) is 2. The highest BCUT2D eigenvalue weighted by atomic mass is 35.5. The van der Waals surface area contributed by atoms with Crippen molar-refractivity contribution in [1.82, 2.24) is 0 Å². The third-order valence-corrected chi connectivity index (χ3v) is 3.92. The Balaban J connectivity index is 2.38. The highest BCUT2D eigenvalue weighted by Gasteiger charge is 2.09. The molecule has 0 atom stereocenters. The summed E-state index contributed by atoms with van der Waals surface area (Å²) in [5.74, 6) is 0.0492. The van der Waals surface area contributed by atoms with E-state index < -0.39 is 0 Å². The van der Waals surface area contributed by atoms with E-state index in [-0.39, 0.29) is 5.84 Å². The maximum atomic E-state index is 8.79. The first kappa shape index (κ1) is 14.1. The molecule has 0 radical (unpaired) electrons. The van der Waals surface area contributed by atoms with Crippen molar-refractivity contribution in [2.24, 2.45) is 10.9 Å². The lowest BCUT2D eigenvalue weighted by atomic mass is 10.2. The van der Waals surface area contributed by atoms with Crippen LogP contribution in [0.4, 0.5) is 0 Å². The first-order chi connectivity index (χ1) is 9.10. The molecule has 98 valence electrons. The van der Waals surface area contributed by atoms with Crippen LogP contribution in [0.3, 0.4) is 0 Å². The van der Waals surface area contributed by atoms with Gasteiger partial charge in [0.2, 0.25) is 0 Å². The van der Waals surface area contributed by atoms with Crippen molar-refractivity contribution in [1.29, 1.82) is 0 Å². The summed E-state index contributed by atoms with van der Waals surface area (Å²) in [5, 5.41) is 13.1. The molecular formula is C13H10Cl2N2OS. The topological polar surface area (TPSA) is 58.6 Å². The van der Waals surface area contributed by atoms with Crippen molar-refractivity contribution in [2.75, 3.05) is 0 Å². The minimum Gasteiger partial charge on any atom is -0.409 e. The summed E-state index contributed by atoms with van der Waals surface area (Å²) in [6.45, 7) is 0. The molecule has 0 fully saturated rings. The number of benzene rings is 2. The van der Waals surface area contributed by atoms with Gasteiger partial charge in [0.25, 0.3) is 0 Å². The number of oxime groups is 1. The smallest absolute Gasteiger partial charge is 0.171 e. The fraction of sp³-hybridized carbons (Fsp3) is 0. The number of nitrogens with two attached hydrogens (primary N) is 1. The molecule has 0 heterocycles. The molecule has 6 heteroatoms. The zero-order chi connectivity index (χ0) is 13.8. The molecule has 0 amide bonds. The van der Waals surface area contributed by atoms with Gasteiger partial charge >= 0.3 is 0 Å². The lowest BCUT2D eigenvalue weighted by molar-refractivity contribution is 0.318. The van der Waals surface area contributed by atoms with Gasteiger partial charge in [-0.3, -0.25) is 0 Å². The Morgan fingerprint density at radius 2 is 1.68 bits per heavy atom. The number of hydrogen-bond acceptors (Lipinski definition) is 3. The average molecular weight is 313 g/mol. The second-order valence-electron chi connectivity index (χ2n) is 3.68. The highest BCUT2D eigenvalue weighted by molar-refractivity contribution is 7.99. The number of nitrogens with zero attached hydrogens (tertiary/aromatic N) is 1. The Morgan fingerprint density at radius 3 is 2.32 bits per heavy atom. The van der Waals surface area contributed by atoms with Crippen LogP contribution in [0.1, 0.15) is 5.56 Å². The van der Waals surface area contributed by atoms with E-state index in [1.807, 2.05) is 12.1 Å². The SMILES string of the molecule is NC(=NO)c1ccc(Cl)cc1Sc1ccc(Cl)cc1. The van der Waals surface area contributed by atoms with Crippen LogP contribution in [-0.2, 0) is 0 Å². The molecule has 3 N–H and O–H groups in total. The number of amidine groups is 1. The van der Waals surface area contributed by atoms with Crippen LogP contribution in [0.2, 0.25) is 10.0 Å². The quantitative estimate of drug-likeness (QED) is 0.386. The van der Waals surface area contributed by atoms with Gasteiger partial charge in [-0.25, -0.2) is 0 Å². The first-order valence-electron chi connectivity index (χ1n) is 5.31. The van der Waals surface area contributed by atoms with Gasteiger partial charge in [0.05, 0.1) is 0 Å². The lowest BCUT2D eigenvalue weighted by Gasteiger charge is -2.08. The molecule has 2 aromatic carbocycles. The van der Waals surface area contributed by atoms with Crippen LogP contribution in [-0.4, -0.2) is 11.0 Å². The Kier molecular flexibility index (Phi) is 4.58. The number of halogens is 2. The van der Waals surface area contributed by atoms with Crippen LogP contribution in [0.25, 0.3) is 0 Å². The normalized spacial score (nSPS) is 11.6. The van der Waals surface area contributed by atoms with Crippen LogP contribution in [0, 0.1) is 0 Å². The zero-order valence-corrected chi connectivity index (χ0v) is 12.0. The second-order valence-corrected chi connectivity index (χ2v) is 5.67. The second kappa shape index (κ2) is 6.19. The van der Waals surface area contributed by atoms with Gasteiger partial charge in [-0.15, -0.1) is 0 Å². The molecule has 0 saturated heterocycles. The van der Waals surface area contributed by atoms with Crippen LogP contribution in [0.15, 0.2) is 57.4 Å². The minimum atomic E-state index is 0.0492. The van der Waals surface area contributed by atoms with E-state index >= 15 is 0 Å². The minimum absolute atomic E-state index is 0.0492. The van der Waals surface area contributed by atoms with E-state index in [4.69, 9.17) is 34.1 Å². The molecule has 2 aromatic rings. The van der Waals surface area contributed by atoms with Crippen molar-refractivity contribution in [2.45, 2.75) is 9.79 Å². The van der Waals surface area contributed by atoms with Crippen molar-refractivity contribution in [3.63, 3.8) is 0 Å². The largest absolute Gasteiger partial charge is 0.409 e. The van der Waals surface area contributed by atoms with Gasteiger partial charge in [0.15, 0.2) is 5.84 Å². The van der Waals surface area contributed by atoms with E-state index in [0.717, 1.165) is 9.79 Å². The van der Waals surface area contributed by atoms with E-state index in [1.54, 1.807) is 30.3 Å².